The lowest BCUT2D eigenvalue weighted by Crippen LogP contribution is -2.18. The van der Waals surface area contributed by atoms with Gasteiger partial charge in [-0.05, 0) is 31.2 Å². The minimum Gasteiger partial charge on any atom is -0.315 e. The van der Waals surface area contributed by atoms with Crippen LogP contribution < -0.4 is 5.32 Å². The van der Waals surface area contributed by atoms with Crippen LogP contribution >= 0.6 is 11.6 Å². The maximum Gasteiger partial charge on any atom is 0.0574 e. The van der Waals surface area contributed by atoms with Gasteiger partial charge in [0.15, 0.2) is 0 Å². The van der Waals surface area contributed by atoms with Crippen molar-refractivity contribution >= 4 is 22.4 Å². The summed E-state index contributed by atoms with van der Waals surface area (Å²) < 4.78 is 12.0. The molecule has 0 amide bonds. The molecular weight excluding hydrogens is 218 g/mol. The van der Waals surface area contributed by atoms with E-state index in [0.717, 1.165) is 24.4 Å². The Morgan fingerprint density at radius 1 is 1.50 bits per heavy atom. The molecule has 1 aromatic rings. The maximum absolute atomic E-state index is 12.0. The van der Waals surface area contributed by atoms with Crippen LogP contribution in [0.1, 0.15) is 6.42 Å². The summed E-state index contributed by atoms with van der Waals surface area (Å²) in [5.74, 6) is 0. The van der Waals surface area contributed by atoms with E-state index in [1.54, 1.807) is 12.1 Å². The van der Waals surface area contributed by atoms with E-state index in [2.05, 4.69) is 5.32 Å². The third-order valence-electron chi connectivity index (χ3n) is 2.35. The third kappa shape index (κ3) is 2.16. The van der Waals surface area contributed by atoms with Crippen molar-refractivity contribution in [1.82, 2.24) is 5.32 Å². The van der Waals surface area contributed by atoms with E-state index in [1.165, 1.54) is 0 Å². The van der Waals surface area contributed by atoms with Gasteiger partial charge >= 0.3 is 0 Å². The monoisotopic (exact) mass is 229 g/mol. The molecular formula is C10H12ClNOS. The molecule has 2 nitrogen and oxygen atoms in total. The Morgan fingerprint density at radius 3 is 3.00 bits per heavy atom. The molecule has 1 aliphatic rings. The van der Waals surface area contributed by atoms with Crippen molar-refractivity contribution in [2.24, 2.45) is 0 Å². The molecule has 0 aliphatic carbocycles. The van der Waals surface area contributed by atoms with E-state index < -0.39 is 10.8 Å². The first-order valence-corrected chi connectivity index (χ1v) is 6.23. The summed E-state index contributed by atoms with van der Waals surface area (Å²) >= 11 is 5.85. The molecule has 2 atom stereocenters. The Bertz CT molecular complexity index is 350. The Balaban J connectivity index is 2.17. The van der Waals surface area contributed by atoms with E-state index in [9.17, 15) is 4.21 Å². The fourth-order valence-corrected chi connectivity index (χ4v) is 3.29. The van der Waals surface area contributed by atoms with Gasteiger partial charge in [-0.25, -0.2) is 0 Å². The van der Waals surface area contributed by atoms with E-state index in [4.69, 9.17) is 11.6 Å². The van der Waals surface area contributed by atoms with Crippen molar-refractivity contribution in [3.63, 3.8) is 0 Å². The molecule has 1 heterocycles. The van der Waals surface area contributed by atoms with Crippen LogP contribution in [0.15, 0.2) is 29.2 Å². The fraction of sp³-hybridized carbons (Fsp3) is 0.400. The zero-order valence-corrected chi connectivity index (χ0v) is 9.27. The lowest BCUT2D eigenvalue weighted by Gasteiger charge is -2.08. The van der Waals surface area contributed by atoms with Crippen molar-refractivity contribution in [3.8, 4) is 0 Å². The van der Waals surface area contributed by atoms with E-state index in [1.807, 2.05) is 12.1 Å². The summed E-state index contributed by atoms with van der Waals surface area (Å²) in [7, 11) is -0.916. The van der Waals surface area contributed by atoms with Crippen LogP contribution in [0.5, 0.6) is 0 Å². The topological polar surface area (TPSA) is 29.1 Å². The largest absolute Gasteiger partial charge is 0.315 e. The summed E-state index contributed by atoms with van der Waals surface area (Å²) in [6.07, 6.45) is 0.985. The molecule has 1 saturated heterocycles. The van der Waals surface area contributed by atoms with E-state index in [0.29, 0.717) is 5.02 Å². The number of rotatable bonds is 2. The molecule has 2 rings (SSSR count). The maximum atomic E-state index is 12.0. The predicted octanol–water partition coefficient (Wildman–Crippen LogP) is 1.81. The van der Waals surface area contributed by atoms with Crippen molar-refractivity contribution < 1.29 is 4.21 Å². The summed E-state index contributed by atoms with van der Waals surface area (Å²) in [4.78, 5) is 0.839. The molecule has 0 aromatic heterocycles. The molecule has 1 fully saturated rings. The highest BCUT2D eigenvalue weighted by molar-refractivity contribution is 7.85. The van der Waals surface area contributed by atoms with Gasteiger partial charge in [-0.2, -0.15) is 0 Å². The first-order valence-electron chi connectivity index (χ1n) is 4.64. The number of halogens is 1. The van der Waals surface area contributed by atoms with Crippen molar-refractivity contribution in [3.05, 3.63) is 29.3 Å². The van der Waals surface area contributed by atoms with Crippen LogP contribution in [0.4, 0.5) is 0 Å². The van der Waals surface area contributed by atoms with Gasteiger partial charge in [0.2, 0.25) is 0 Å². The normalized spacial score (nSPS) is 23.6. The molecule has 0 bridgehead atoms. The van der Waals surface area contributed by atoms with Crippen LogP contribution in [0.2, 0.25) is 5.02 Å². The number of nitrogens with one attached hydrogen (secondary N) is 1. The lowest BCUT2D eigenvalue weighted by atomic mass is 10.4. The number of benzene rings is 1. The Kier molecular flexibility index (Phi) is 3.21. The first-order chi connectivity index (χ1) is 6.77. The molecule has 76 valence electrons. The summed E-state index contributed by atoms with van der Waals surface area (Å²) in [5.41, 5.74) is 0. The summed E-state index contributed by atoms with van der Waals surface area (Å²) in [6.45, 7) is 1.82. The van der Waals surface area contributed by atoms with Crippen molar-refractivity contribution in [2.45, 2.75) is 16.6 Å². The predicted molar refractivity (Wildman–Crippen MR) is 59.1 cm³/mol. The molecule has 14 heavy (non-hydrogen) atoms. The zero-order valence-electron chi connectivity index (χ0n) is 7.70. The quantitative estimate of drug-likeness (QED) is 0.838. The summed E-state index contributed by atoms with van der Waals surface area (Å²) in [6, 6.07) is 7.31. The molecule has 0 spiro atoms. The second-order valence-corrected chi connectivity index (χ2v) is 5.54. The van der Waals surface area contributed by atoms with Gasteiger partial charge in [0.25, 0.3) is 0 Å². The molecule has 1 aliphatic heterocycles. The molecule has 1 aromatic carbocycles. The van der Waals surface area contributed by atoms with Gasteiger partial charge in [-0.15, -0.1) is 0 Å². The SMILES string of the molecule is O=S(c1cccc(Cl)c1)C1CCNC1. The third-order valence-corrected chi connectivity index (χ3v) is 4.31. The second-order valence-electron chi connectivity index (χ2n) is 3.37. The van der Waals surface area contributed by atoms with Gasteiger partial charge < -0.3 is 5.32 Å². The Labute approximate surface area is 91.1 Å². The van der Waals surface area contributed by atoms with Crippen LogP contribution in [-0.2, 0) is 10.8 Å². The van der Waals surface area contributed by atoms with Crippen molar-refractivity contribution in [2.75, 3.05) is 13.1 Å². The standard InChI is InChI=1S/C10H12ClNOS/c11-8-2-1-3-9(6-8)14(13)10-4-5-12-7-10/h1-3,6,10,12H,4-5,7H2. The van der Waals surface area contributed by atoms with Crippen LogP contribution in [0.25, 0.3) is 0 Å². The van der Waals surface area contributed by atoms with E-state index >= 15 is 0 Å². The van der Waals surface area contributed by atoms with Crippen LogP contribution in [0, 0.1) is 0 Å². The molecule has 0 saturated carbocycles. The Morgan fingerprint density at radius 2 is 2.36 bits per heavy atom. The average molecular weight is 230 g/mol. The highest BCUT2D eigenvalue weighted by Gasteiger charge is 2.22. The van der Waals surface area contributed by atoms with Gasteiger partial charge in [0, 0.05) is 16.5 Å². The second kappa shape index (κ2) is 4.43. The van der Waals surface area contributed by atoms with E-state index in [-0.39, 0.29) is 5.25 Å². The van der Waals surface area contributed by atoms with Gasteiger partial charge in [-0.1, -0.05) is 17.7 Å². The molecule has 4 heteroatoms. The minimum atomic E-state index is -0.916. The van der Waals surface area contributed by atoms with Gasteiger partial charge in [-0.3, -0.25) is 4.21 Å². The average Bonchev–Trinajstić information content (AvgIpc) is 2.69. The van der Waals surface area contributed by atoms with Gasteiger partial charge in [0.05, 0.1) is 16.0 Å². The summed E-state index contributed by atoms with van der Waals surface area (Å²) in [5, 5.41) is 4.11. The van der Waals surface area contributed by atoms with Gasteiger partial charge in [0.1, 0.15) is 0 Å². The fourth-order valence-electron chi connectivity index (χ4n) is 1.60. The molecule has 1 N–H and O–H groups in total. The zero-order chi connectivity index (χ0) is 9.97. The smallest absolute Gasteiger partial charge is 0.0574 e. The highest BCUT2D eigenvalue weighted by Crippen LogP contribution is 2.19. The number of hydrogen-bond acceptors (Lipinski definition) is 2. The Hall–Kier alpha value is -0.380. The lowest BCUT2D eigenvalue weighted by molar-refractivity contribution is 0.672. The van der Waals surface area contributed by atoms with Crippen LogP contribution in [0.3, 0.4) is 0 Å². The van der Waals surface area contributed by atoms with Crippen LogP contribution in [-0.4, -0.2) is 22.5 Å². The first kappa shape index (κ1) is 10.1. The highest BCUT2D eigenvalue weighted by atomic mass is 35.5. The minimum absolute atomic E-state index is 0.244. The molecule has 0 radical (unpaired) electrons. The molecule has 2 unspecified atom stereocenters. The van der Waals surface area contributed by atoms with Crippen molar-refractivity contribution in [1.29, 1.82) is 0 Å². The number of hydrogen-bond donors (Lipinski definition) is 1.